The predicted octanol–water partition coefficient (Wildman–Crippen LogP) is 2.57. The molecule has 0 fully saturated rings. The number of aromatic carboxylic acids is 1. The summed E-state index contributed by atoms with van der Waals surface area (Å²) in [6.45, 7) is 7.87. The summed E-state index contributed by atoms with van der Waals surface area (Å²) in [7, 11) is 0. The summed E-state index contributed by atoms with van der Waals surface area (Å²) in [6.07, 6.45) is 1.77. The molecule has 5 heteroatoms. The SMILES string of the molecule is Cc1ccn(-c2cc(C(=O)O)cc(C(C)(C)C)n2)n1. The van der Waals surface area contributed by atoms with Crippen molar-refractivity contribution in [3.05, 3.63) is 41.3 Å². The van der Waals surface area contributed by atoms with Crippen LogP contribution in [0, 0.1) is 6.92 Å². The zero-order chi connectivity index (χ0) is 14.2. The lowest BCUT2D eigenvalue weighted by atomic mass is 9.91. The van der Waals surface area contributed by atoms with E-state index in [9.17, 15) is 9.90 Å². The quantitative estimate of drug-likeness (QED) is 0.900. The lowest BCUT2D eigenvalue weighted by Gasteiger charge is -2.19. The minimum atomic E-state index is -0.960. The Bertz CT molecular complexity index is 624. The first-order chi connectivity index (χ1) is 8.77. The Balaban J connectivity index is 2.61. The molecule has 1 N–H and O–H groups in total. The highest BCUT2D eigenvalue weighted by Crippen LogP contribution is 2.23. The van der Waals surface area contributed by atoms with Crippen LogP contribution >= 0.6 is 0 Å². The maximum Gasteiger partial charge on any atom is 0.335 e. The first-order valence-electron chi connectivity index (χ1n) is 6.06. The maximum absolute atomic E-state index is 11.2. The molecule has 0 radical (unpaired) electrons. The van der Waals surface area contributed by atoms with Crippen LogP contribution in [0.25, 0.3) is 5.82 Å². The number of aryl methyl sites for hydroxylation is 1. The van der Waals surface area contributed by atoms with Gasteiger partial charge in [-0.05, 0) is 25.1 Å². The number of aromatic nitrogens is 3. The molecule has 19 heavy (non-hydrogen) atoms. The molecule has 2 rings (SSSR count). The van der Waals surface area contributed by atoms with E-state index in [-0.39, 0.29) is 11.0 Å². The number of rotatable bonds is 2. The standard InChI is InChI=1S/C14H17N3O2/c1-9-5-6-17(16-9)12-8-10(13(18)19)7-11(15-12)14(2,3)4/h5-8H,1-4H3,(H,18,19). The molecule has 0 aliphatic heterocycles. The molecule has 0 aliphatic rings. The highest BCUT2D eigenvalue weighted by molar-refractivity contribution is 5.88. The van der Waals surface area contributed by atoms with Crippen molar-refractivity contribution in [1.82, 2.24) is 14.8 Å². The average Bonchev–Trinajstić information content (AvgIpc) is 2.74. The third-order valence-corrected chi connectivity index (χ3v) is 2.78. The van der Waals surface area contributed by atoms with Crippen molar-refractivity contribution < 1.29 is 9.90 Å². The zero-order valence-corrected chi connectivity index (χ0v) is 11.5. The monoisotopic (exact) mass is 259 g/mol. The van der Waals surface area contributed by atoms with Crippen molar-refractivity contribution >= 4 is 5.97 Å². The minimum absolute atomic E-state index is 0.220. The highest BCUT2D eigenvalue weighted by atomic mass is 16.4. The molecular formula is C14H17N3O2. The molecule has 2 heterocycles. The summed E-state index contributed by atoms with van der Waals surface area (Å²) >= 11 is 0. The van der Waals surface area contributed by atoms with Gasteiger partial charge in [-0.2, -0.15) is 5.10 Å². The van der Waals surface area contributed by atoms with Crippen LogP contribution in [0.15, 0.2) is 24.4 Å². The van der Waals surface area contributed by atoms with Gasteiger partial charge in [-0.1, -0.05) is 20.8 Å². The van der Waals surface area contributed by atoms with Gasteiger partial charge in [0.05, 0.1) is 11.3 Å². The molecule has 0 spiro atoms. The fourth-order valence-electron chi connectivity index (χ4n) is 1.68. The van der Waals surface area contributed by atoms with Crippen LogP contribution in [0.1, 0.15) is 42.5 Å². The normalized spacial score (nSPS) is 11.6. The third-order valence-electron chi connectivity index (χ3n) is 2.78. The van der Waals surface area contributed by atoms with E-state index in [0.717, 1.165) is 11.4 Å². The summed E-state index contributed by atoms with van der Waals surface area (Å²) in [5.74, 6) is -0.434. The highest BCUT2D eigenvalue weighted by Gasteiger charge is 2.19. The van der Waals surface area contributed by atoms with Crippen molar-refractivity contribution in [2.45, 2.75) is 33.1 Å². The van der Waals surface area contributed by atoms with Crippen molar-refractivity contribution in [2.75, 3.05) is 0 Å². The number of hydrogen-bond acceptors (Lipinski definition) is 3. The molecule has 0 aromatic carbocycles. The third kappa shape index (κ3) is 2.81. The van der Waals surface area contributed by atoms with E-state index < -0.39 is 5.97 Å². The van der Waals surface area contributed by atoms with Gasteiger partial charge < -0.3 is 5.11 Å². The first kappa shape index (κ1) is 13.3. The lowest BCUT2D eigenvalue weighted by Crippen LogP contribution is -2.17. The first-order valence-corrected chi connectivity index (χ1v) is 6.06. The Morgan fingerprint density at radius 1 is 1.32 bits per heavy atom. The van der Waals surface area contributed by atoms with Gasteiger partial charge in [0, 0.05) is 17.3 Å². The molecule has 5 nitrogen and oxygen atoms in total. The molecule has 0 bridgehead atoms. The predicted molar refractivity (Wildman–Crippen MR) is 71.8 cm³/mol. The summed E-state index contributed by atoms with van der Waals surface area (Å²) in [6, 6.07) is 5.00. The van der Waals surface area contributed by atoms with E-state index in [2.05, 4.69) is 10.1 Å². The van der Waals surface area contributed by atoms with Gasteiger partial charge in [-0.15, -0.1) is 0 Å². The van der Waals surface area contributed by atoms with Crippen LogP contribution in [0.5, 0.6) is 0 Å². The number of carboxylic acid groups (broad SMARTS) is 1. The average molecular weight is 259 g/mol. The van der Waals surface area contributed by atoms with E-state index >= 15 is 0 Å². The van der Waals surface area contributed by atoms with Gasteiger partial charge in [-0.25, -0.2) is 14.5 Å². The van der Waals surface area contributed by atoms with Crippen LogP contribution in [0.2, 0.25) is 0 Å². The Hall–Kier alpha value is -2.17. The van der Waals surface area contributed by atoms with E-state index in [1.165, 1.54) is 6.07 Å². The van der Waals surface area contributed by atoms with E-state index in [4.69, 9.17) is 0 Å². The largest absolute Gasteiger partial charge is 0.478 e. The molecule has 0 atom stereocenters. The molecule has 0 unspecified atom stereocenters. The van der Waals surface area contributed by atoms with Gasteiger partial charge >= 0.3 is 5.97 Å². The number of nitrogens with zero attached hydrogens (tertiary/aromatic N) is 3. The van der Waals surface area contributed by atoms with Crippen LogP contribution in [-0.4, -0.2) is 25.8 Å². The minimum Gasteiger partial charge on any atom is -0.478 e. The molecule has 0 aliphatic carbocycles. The second-order valence-corrected chi connectivity index (χ2v) is 5.56. The van der Waals surface area contributed by atoms with E-state index in [0.29, 0.717) is 5.82 Å². The Kier molecular flexibility index (Phi) is 3.14. The zero-order valence-electron chi connectivity index (χ0n) is 11.5. The van der Waals surface area contributed by atoms with Crippen LogP contribution in [0.4, 0.5) is 0 Å². The van der Waals surface area contributed by atoms with Crippen LogP contribution in [0.3, 0.4) is 0 Å². The fourth-order valence-corrected chi connectivity index (χ4v) is 1.68. The van der Waals surface area contributed by atoms with Gasteiger partial charge in [0.1, 0.15) is 0 Å². The second-order valence-electron chi connectivity index (χ2n) is 5.56. The van der Waals surface area contributed by atoms with Gasteiger partial charge in [-0.3, -0.25) is 0 Å². The molecule has 2 aromatic rings. The fraction of sp³-hybridized carbons (Fsp3) is 0.357. The summed E-state index contributed by atoms with van der Waals surface area (Å²) in [5, 5.41) is 13.5. The smallest absolute Gasteiger partial charge is 0.335 e. The van der Waals surface area contributed by atoms with Gasteiger partial charge in [0.2, 0.25) is 0 Å². The topological polar surface area (TPSA) is 68.0 Å². The van der Waals surface area contributed by atoms with Crippen molar-refractivity contribution in [2.24, 2.45) is 0 Å². The lowest BCUT2D eigenvalue weighted by molar-refractivity contribution is 0.0696. The maximum atomic E-state index is 11.2. The molecule has 2 aromatic heterocycles. The number of carboxylic acids is 1. The van der Waals surface area contributed by atoms with E-state index in [1.54, 1.807) is 16.9 Å². The second kappa shape index (κ2) is 4.50. The van der Waals surface area contributed by atoms with Crippen LogP contribution in [-0.2, 0) is 5.41 Å². The number of pyridine rings is 1. The molecule has 100 valence electrons. The Morgan fingerprint density at radius 2 is 2.00 bits per heavy atom. The molecular weight excluding hydrogens is 242 g/mol. The number of hydrogen-bond donors (Lipinski definition) is 1. The van der Waals surface area contributed by atoms with Crippen LogP contribution < -0.4 is 0 Å². The van der Waals surface area contributed by atoms with Gasteiger partial charge in [0.15, 0.2) is 5.82 Å². The van der Waals surface area contributed by atoms with Crippen molar-refractivity contribution in [3.63, 3.8) is 0 Å². The Morgan fingerprint density at radius 3 is 2.47 bits per heavy atom. The van der Waals surface area contributed by atoms with Crippen molar-refractivity contribution in [3.8, 4) is 5.82 Å². The summed E-state index contributed by atoms with van der Waals surface area (Å²) < 4.78 is 1.59. The Labute approximate surface area is 111 Å². The number of carbonyl (C=O) groups is 1. The van der Waals surface area contributed by atoms with Gasteiger partial charge in [0.25, 0.3) is 0 Å². The molecule has 0 amide bonds. The summed E-state index contributed by atoms with van der Waals surface area (Å²) in [5.41, 5.74) is 1.60. The van der Waals surface area contributed by atoms with Crippen molar-refractivity contribution in [1.29, 1.82) is 0 Å². The van der Waals surface area contributed by atoms with E-state index in [1.807, 2.05) is 33.8 Å². The molecule has 0 saturated carbocycles. The summed E-state index contributed by atoms with van der Waals surface area (Å²) in [4.78, 5) is 15.7. The molecule has 0 saturated heterocycles.